The van der Waals surface area contributed by atoms with Crippen LogP contribution < -0.4 is 5.32 Å². The molecule has 0 aliphatic heterocycles. The minimum Gasteiger partial charge on any atom is -0.324 e. The highest BCUT2D eigenvalue weighted by Gasteiger charge is 2.29. The molecule has 1 unspecified atom stereocenters. The van der Waals surface area contributed by atoms with Gasteiger partial charge in [0.2, 0.25) is 5.95 Å². The van der Waals surface area contributed by atoms with Crippen LogP contribution in [-0.2, 0) is 6.42 Å². The van der Waals surface area contributed by atoms with E-state index in [-0.39, 0.29) is 17.5 Å². The first-order chi connectivity index (χ1) is 13.0. The molecule has 0 bridgehead atoms. The van der Waals surface area contributed by atoms with Gasteiger partial charge < -0.3 is 5.32 Å². The third kappa shape index (κ3) is 3.58. The van der Waals surface area contributed by atoms with E-state index in [0.29, 0.717) is 30.0 Å². The fraction of sp³-hybridized carbons (Fsp3) is 0.227. The van der Waals surface area contributed by atoms with Crippen LogP contribution in [0.3, 0.4) is 0 Å². The smallest absolute Gasteiger partial charge is 0.227 e. The number of nitrogens with one attached hydrogen (secondary N) is 1. The average Bonchev–Trinajstić information content (AvgIpc) is 2.63. The van der Waals surface area contributed by atoms with E-state index in [1.165, 1.54) is 17.7 Å². The topological polar surface area (TPSA) is 54.9 Å². The van der Waals surface area contributed by atoms with Crippen LogP contribution in [0.4, 0.5) is 16.0 Å². The van der Waals surface area contributed by atoms with Crippen LogP contribution >= 0.6 is 0 Å². The zero-order valence-electron chi connectivity index (χ0n) is 15.3. The van der Waals surface area contributed by atoms with Gasteiger partial charge in [-0.2, -0.15) is 0 Å². The Hall–Kier alpha value is -3.08. The molecule has 4 nitrogen and oxygen atoms in total. The summed E-state index contributed by atoms with van der Waals surface area (Å²) in [5, 5.41) is 3.22. The Balaban J connectivity index is 1.65. The molecular weight excluding hydrogens is 341 g/mol. The normalized spacial score (nSPS) is 16.1. The molecule has 1 heterocycles. The Morgan fingerprint density at radius 3 is 2.37 bits per heavy atom. The summed E-state index contributed by atoms with van der Waals surface area (Å²) >= 11 is 0. The molecule has 0 saturated heterocycles. The summed E-state index contributed by atoms with van der Waals surface area (Å²) in [6.45, 7) is 3.88. The number of hydrogen-bond acceptors (Lipinski definition) is 4. The van der Waals surface area contributed by atoms with Crippen LogP contribution in [0.15, 0.2) is 48.5 Å². The first kappa shape index (κ1) is 17.3. The fourth-order valence-electron chi connectivity index (χ4n) is 3.57. The maximum Gasteiger partial charge on any atom is 0.227 e. The summed E-state index contributed by atoms with van der Waals surface area (Å²) in [5.41, 5.74) is 5.11. The van der Waals surface area contributed by atoms with Crippen molar-refractivity contribution in [2.45, 2.75) is 32.6 Å². The third-order valence-corrected chi connectivity index (χ3v) is 4.96. The summed E-state index contributed by atoms with van der Waals surface area (Å²) in [5.74, 6) is 0.267. The average molecular weight is 361 g/mol. The lowest BCUT2D eigenvalue weighted by molar-refractivity contribution is 0.0962. The maximum atomic E-state index is 13.2. The van der Waals surface area contributed by atoms with Gasteiger partial charge in [-0.3, -0.25) is 4.79 Å². The van der Waals surface area contributed by atoms with E-state index in [0.717, 1.165) is 16.9 Å². The van der Waals surface area contributed by atoms with Crippen molar-refractivity contribution in [1.29, 1.82) is 0 Å². The number of ketones is 1. The first-order valence-electron chi connectivity index (χ1n) is 8.99. The summed E-state index contributed by atoms with van der Waals surface area (Å²) in [4.78, 5) is 21.8. The van der Waals surface area contributed by atoms with Crippen LogP contribution in [0.25, 0.3) is 0 Å². The lowest BCUT2D eigenvalue weighted by Crippen LogP contribution is -2.22. The van der Waals surface area contributed by atoms with Crippen molar-refractivity contribution >= 4 is 17.4 Å². The van der Waals surface area contributed by atoms with Gasteiger partial charge in [-0.25, -0.2) is 14.4 Å². The van der Waals surface area contributed by atoms with Crippen LogP contribution in [0.1, 0.15) is 45.2 Å². The van der Waals surface area contributed by atoms with Gasteiger partial charge in [0.15, 0.2) is 5.78 Å². The number of rotatable bonds is 3. The maximum absolute atomic E-state index is 13.2. The number of Topliss-reactive ketones (excluding diaryl/α,β-unsaturated/α-hetero) is 1. The van der Waals surface area contributed by atoms with Crippen molar-refractivity contribution in [2.75, 3.05) is 5.32 Å². The number of aryl methyl sites for hydroxylation is 2. The number of nitrogens with zero attached hydrogens (tertiary/aromatic N) is 2. The van der Waals surface area contributed by atoms with Crippen molar-refractivity contribution in [1.82, 2.24) is 9.97 Å². The highest BCUT2D eigenvalue weighted by atomic mass is 19.1. The largest absolute Gasteiger partial charge is 0.324 e. The fourth-order valence-corrected chi connectivity index (χ4v) is 3.57. The van der Waals surface area contributed by atoms with Gasteiger partial charge in [0.1, 0.15) is 5.82 Å². The highest BCUT2D eigenvalue weighted by Crippen LogP contribution is 2.33. The molecule has 27 heavy (non-hydrogen) atoms. The SMILES string of the molecule is Cc1ccc(Nc2nc(C)c3c(n2)CC(c2ccc(F)cc2)CC3=O)cc1. The van der Waals surface area contributed by atoms with Gasteiger partial charge in [0.25, 0.3) is 0 Å². The molecule has 1 atom stereocenters. The van der Waals surface area contributed by atoms with Crippen molar-refractivity contribution < 1.29 is 9.18 Å². The molecule has 1 N–H and O–H groups in total. The van der Waals surface area contributed by atoms with E-state index in [4.69, 9.17) is 0 Å². The molecule has 5 heteroatoms. The van der Waals surface area contributed by atoms with Crippen molar-refractivity contribution in [2.24, 2.45) is 0 Å². The van der Waals surface area contributed by atoms with E-state index < -0.39 is 0 Å². The first-order valence-corrected chi connectivity index (χ1v) is 8.99. The summed E-state index contributed by atoms with van der Waals surface area (Å²) in [6.07, 6.45) is 1.03. The van der Waals surface area contributed by atoms with Gasteiger partial charge in [-0.1, -0.05) is 29.8 Å². The Morgan fingerprint density at radius 1 is 0.963 bits per heavy atom. The molecule has 0 spiro atoms. The lowest BCUT2D eigenvalue weighted by Gasteiger charge is -2.24. The molecule has 1 aromatic heterocycles. The standard InChI is InChI=1S/C22H20FN3O/c1-13-3-9-18(10-4-13)25-22-24-14(2)21-19(26-22)11-16(12-20(21)27)15-5-7-17(23)8-6-15/h3-10,16H,11-12H2,1-2H3,(H,24,25,26). The summed E-state index contributed by atoms with van der Waals surface area (Å²) in [6, 6.07) is 14.3. The Labute approximate surface area is 157 Å². The summed E-state index contributed by atoms with van der Waals surface area (Å²) < 4.78 is 13.2. The van der Waals surface area contributed by atoms with E-state index in [1.54, 1.807) is 12.1 Å². The number of anilines is 2. The molecule has 1 aliphatic rings. The second-order valence-electron chi connectivity index (χ2n) is 7.03. The Bertz CT molecular complexity index is 997. The van der Waals surface area contributed by atoms with Crippen molar-refractivity contribution in [3.05, 3.63) is 82.4 Å². The quantitative estimate of drug-likeness (QED) is 0.722. The van der Waals surface area contributed by atoms with E-state index in [1.807, 2.05) is 38.1 Å². The number of carbonyl (C=O) groups is 1. The molecule has 0 fully saturated rings. The van der Waals surface area contributed by atoms with Gasteiger partial charge in [-0.05, 0) is 56.0 Å². The predicted octanol–water partition coefficient (Wildman–Crippen LogP) is 4.89. The molecule has 0 amide bonds. The van der Waals surface area contributed by atoms with E-state index in [2.05, 4.69) is 15.3 Å². The number of benzene rings is 2. The molecule has 0 saturated carbocycles. The number of carbonyl (C=O) groups excluding carboxylic acids is 1. The van der Waals surface area contributed by atoms with E-state index >= 15 is 0 Å². The molecule has 4 rings (SSSR count). The van der Waals surface area contributed by atoms with Gasteiger partial charge in [-0.15, -0.1) is 0 Å². The lowest BCUT2D eigenvalue weighted by atomic mass is 9.81. The van der Waals surface area contributed by atoms with Gasteiger partial charge in [0.05, 0.1) is 17.0 Å². The predicted molar refractivity (Wildman–Crippen MR) is 103 cm³/mol. The minimum absolute atomic E-state index is 0.00660. The highest BCUT2D eigenvalue weighted by molar-refractivity contribution is 5.99. The molecule has 0 radical (unpaired) electrons. The Morgan fingerprint density at radius 2 is 1.67 bits per heavy atom. The third-order valence-electron chi connectivity index (χ3n) is 4.96. The number of aromatic nitrogens is 2. The summed E-state index contributed by atoms with van der Waals surface area (Å²) in [7, 11) is 0. The van der Waals surface area contributed by atoms with Crippen LogP contribution in [0, 0.1) is 19.7 Å². The van der Waals surface area contributed by atoms with Gasteiger partial charge in [0, 0.05) is 12.1 Å². The minimum atomic E-state index is -0.274. The monoisotopic (exact) mass is 361 g/mol. The van der Waals surface area contributed by atoms with Crippen molar-refractivity contribution in [3.63, 3.8) is 0 Å². The van der Waals surface area contributed by atoms with Crippen LogP contribution in [0.5, 0.6) is 0 Å². The zero-order valence-corrected chi connectivity index (χ0v) is 15.3. The van der Waals surface area contributed by atoms with E-state index in [9.17, 15) is 9.18 Å². The van der Waals surface area contributed by atoms with Gasteiger partial charge >= 0.3 is 0 Å². The molecule has 1 aliphatic carbocycles. The number of fused-ring (bicyclic) bond motifs is 1. The molecule has 2 aromatic carbocycles. The second-order valence-corrected chi connectivity index (χ2v) is 7.03. The molecular formula is C22H20FN3O. The van der Waals surface area contributed by atoms with Crippen LogP contribution in [0.2, 0.25) is 0 Å². The second kappa shape index (κ2) is 6.91. The Kier molecular flexibility index (Phi) is 4.44. The zero-order chi connectivity index (χ0) is 19.0. The molecule has 3 aromatic rings. The van der Waals surface area contributed by atoms with Crippen LogP contribution in [-0.4, -0.2) is 15.8 Å². The molecule has 136 valence electrons. The number of hydrogen-bond donors (Lipinski definition) is 1. The number of halogens is 1. The van der Waals surface area contributed by atoms with Crippen molar-refractivity contribution in [3.8, 4) is 0 Å².